The van der Waals surface area contributed by atoms with Crippen LogP contribution in [0.25, 0.3) is 11.3 Å². The molecule has 0 radical (unpaired) electrons. The summed E-state index contributed by atoms with van der Waals surface area (Å²) in [7, 11) is 0. The highest BCUT2D eigenvalue weighted by atomic mass is 32.1. The lowest BCUT2D eigenvalue weighted by molar-refractivity contribution is -0.114. The minimum Gasteiger partial charge on any atom is -0.489 e. The van der Waals surface area contributed by atoms with E-state index in [1.807, 2.05) is 24.4 Å². The molecule has 148 valence electrons. The van der Waals surface area contributed by atoms with Crippen molar-refractivity contribution in [2.45, 2.75) is 58.1 Å². The highest BCUT2D eigenvalue weighted by Gasteiger charge is 2.33. The zero-order chi connectivity index (χ0) is 19.8. The number of nitrogens with one attached hydrogen (secondary N) is 1. The summed E-state index contributed by atoms with van der Waals surface area (Å²) in [6.07, 6.45) is 3.90. The molecule has 1 aliphatic carbocycles. The number of aromatic nitrogens is 1. The molecule has 28 heavy (non-hydrogen) atoms. The summed E-state index contributed by atoms with van der Waals surface area (Å²) in [5.41, 5.74) is 3.20. The Morgan fingerprint density at radius 1 is 1.32 bits per heavy atom. The third-order valence-corrected chi connectivity index (χ3v) is 6.11. The smallest absolute Gasteiger partial charge is 0.412 e. The van der Waals surface area contributed by atoms with Crippen LogP contribution in [0.5, 0.6) is 5.75 Å². The van der Waals surface area contributed by atoms with Crippen LogP contribution in [-0.4, -0.2) is 34.2 Å². The van der Waals surface area contributed by atoms with Crippen molar-refractivity contribution < 1.29 is 19.4 Å². The van der Waals surface area contributed by atoms with Gasteiger partial charge in [0.1, 0.15) is 5.75 Å². The van der Waals surface area contributed by atoms with Crippen molar-refractivity contribution in [3.8, 4) is 17.0 Å². The summed E-state index contributed by atoms with van der Waals surface area (Å²) in [5, 5.41) is 14.8. The van der Waals surface area contributed by atoms with Gasteiger partial charge in [-0.05, 0) is 51.2 Å². The Balaban J connectivity index is 1.79. The minimum atomic E-state index is -0.947. The Labute approximate surface area is 167 Å². The molecule has 0 spiro atoms. The van der Waals surface area contributed by atoms with Crippen LogP contribution in [0.4, 0.5) is 15.6 Å². The van der Waals surface area contributed by atoms with Crippen LogP contribution in [-0.2, 0) is 11.2 Å². The van der Waals surface area contributed by atoms with Gasteiger partial charge in [0.25, 0.3) is 0 Å². The van der Waals surface area contributed by atoms with Gasteiger partial charge in [-0.25, -0.2) is 9.78 Å². The van der Waals surface area contributed by atoms with Crippen LogP contribution < -0.4 is 15.0 Å². The number of rotatable bonds is 4. The van der Waals surface area contributed by atoms with Crippen molar-refractivity contribution >= 4 is 34.2 Å². The molecule has 1 saturated carbocycles. The molecule has 2 amide bonds. The number of anilines is 2. The number of hydrogen-bond donors (Lipinski definition) is 2. The molecule has 0 bridgehead atoms. The third kappa shape index (κ3) is 3.44. The molecule has 8 heteroatoms. The van der Waals surface area contributed by atoms with Crippen molar-refractivity contribution in [3.63, 3.8) is 0 Å². The topological polar surface area (TPSA) is 91.8 Å². The quantitative estimate of drug-likeness (QED) is 0.786. The lowest BCUT2D eigenvalue weighted by atomic mass is 9.92. The molecule has 0 saturated heterocycles. The number of fused-ring (bicyclic) bond motifs is 1. The Bertz CT molecular complexity index is 922. The molecule has 1 aromatic heterocycles. The first-order valence-electron chi connectivity index (χ1n) is 9.52. The van der Waals surface area contributed by atoms with Gasteiger partial charge in [-0.1, -0.05) is 0 Å². The maximum atomic E-state index is 11.8. The van der Waals surface area contributed by atoms with Crippen LogP contribution in [0, 0.1) is 0 Å². The van der Waals surface area contributed by atoms with Crippen LogP contribution >= 0.6 is 11.3 Å². The average molecular weight is 401 g/mol. The fraction of sp³-hybridized carbons (Fsp3) is 0.450. The highest BCUT2D eigenvalue weighted by Crippen LogP contribution is 2.45. The van der Waals surface area contributed by atoms with E-state index >= 15 is 0 Å². The second-order valence-corrected chi connectivity index (χ2v) is 8.23. The Morgan fingerprint density at radius 2 is 2.11 bits per heavy atom. The molecular weight excluding hydrogens is 378 g/mol. The molecule has 1 aliphatic heterocycles. The number of amides is 2. The molecule has 2 aromatic rings. The van der Waals surface area contributed by atoms with Gasteiger partial charge >= 0.3 is 6.09 Å². The molecule has 2 N–H and O–H groups in total. The van der Waals surface area contributed by atoms with E-state index in [2.05, 4.69) is 10.3 Å². The van der Waals surface area contributed by atoms with E-state index in [1.165, 1.54) is 23.2 Å². The third-order valence-electron chi connectivity index (χ3n) is 5.35. The lowest BCUT2D eigenvalue weighted by Gasteiger charge is -2.36. The number of carbonyl (C=O) groups is 2. The van der Waals surface area contributed by atoms with Gasteiger partial charge in [0.15, 0.2) is 5.13 Å². The first-order chi connectivity index (χ1) is 13.4. The van der Waals surface area contributed by atoms with Gasteiger partial charge in [0, 0.05) is 29.5 Å². The van der Waals surface area contributed by atoms with E-state index in [1.54, 1.807) is 0 Å². The normalized spacial score (nSPS) is 18.9. The standard InChI is InChI=1S/C20H23N3O4S/c1-11-6-7-15-17(23(11)20(25)26)9-8-14(18(15)27-13-4-3-5-13)16-10-28-19(22-16)21-12(2)24/h8-11,13H,3-7H2,1-2H3,(H,25,26)(H,21,22,24)/t11-/m0/s1. The van der Waals surface area contributed by atoms with Crippen molar-refractivity contribution in [2.75, 3.05) is 10.2 Å². The Morgan fingerprint density at radius 3 is 2.75 bits per heavy atom. The molecule has 4 rings (SSSR count). The van der Waals surface area contributed by atoms with E-state index < -0.39 is 6.09 Å². The molecule has 1 fully saturated rings. The lowest BCUT2D eigenvalue weighted by Crippen LogP contribution is -2.41. The van der Waals surface area contributed by atoms with Gasteiger partial charge in [-0.15, -0.1) is 11.3 Å². The second-order valence-electron chi connectivity index (χ2n) is 7.37. The van der Waals surface area contributed by atoms with Crippen molar-refractivity contribution in [3.05, 3.63) is 23.1 Å². The number of nitrogens with zero attached hydrogens (tertiary/aromatic N) is 2. The monoisotopic (exact) mass is 401 g/mol. The Hall–Kier alpha value is -2.61. The largest absolute Gasteiger partial charge is 0.489 e. The van der Waals surface area contributed by atoms with Gasteiger partial charge in [-0.3, -0.25) is 9.69 Å². The number of carbonyl (C=O) groups excluding carboxylic acids is 1. The molecule has 7 nitrogen and oxygen atoms in total. The van der Waals surface area contributed by atoms with Crippen molar-refractivity contribution in [1.29, 1.82) is 0 Å². The summed E-state index contributed by atoms with van der Waals surface area (Å²) in [4.78, 5) is 29.1. The summed E-state index contributed by atoms with van der Waals surface area (Å²) in [6.45, 7) is 3.38. The number of benzene rings is 1. The van der Waals surface area contributed by atoms with Gasteiger partial charge in [-0.2, -0.15) is 0 Å². The maximum Gasteiger partial charge on any atom is 0.412 e. The molecule has 1 atom stereocenters. The summed E-state index contributed by atoms with van der Waals surface area (Å²) >= 11 is 1.36. The fourth-order valence-corrected chi connectivity index (χ4v) is 4.45. The molecule has 1 aromatic carbocycles. The van der Waals surface area contributed by atoms with E-state index in [-0.39, 0.29) is 18.1 Å². The van der Waals surface area contributed by atoms with Gasteiger partial charge in [0.05, 0.1) is 17.5 Å². The van der Waals surface area contributed by atoms with E-state index in [0.717, 1.165) is 54.7 Å². The van der Waals surface area contributed by atoms with E-state index in [9.17, 15) is 14.7 Å². The number of thiazole rings is 1. The number of hydrogen-bond acceptors (Lipinski definition) is 5. The predicted molar refractivity (Wildman–Crippen MR) is 108 cm³/mol. The minimum absolute atomic E-state index is 0.0713. The molecule has 2 aliphatic rings. The van der Waals surface area contributed by atoms with Crippen LogP contribution in [0.2, 0.25) is 0 Å². The Kier molecular flexibility index (Phi) is 4.97. The number of carboxylic acid groups (broad SMARTS) is 1. The zero-order valence-corrected chi connectivity index (χ0v) is 16.7. The van der Waals surface area contributed by atoms with Crippen molar-refractivity contribution in [2.24, 2.45) is 0 Å². The summed E-state index contributed by atoms with van der Waals surface area (Å²) in [5.74, 6) is 0.573. The number of ether oxygens (including phenoxy) is 1. The SMILES string of the molecule is CC(=O)Nc1nc(-c2ccc3c(c2OC2CCC2)CC[C@H](C)N3C(=O)O)cs1. The van der Waals surface area contributed by atoms with Gasteiger partial charge < -0.3 is 15.2 Å². The van der Waals surface area contributed by atoms with Crippen molar-refractivity contribution in [1.82, 2.24) is 4.98 Å². The summed E-state index contributed by atoms with van der Waals surface area (Å²) < 4.78 is 6.35. The molecule has 0 unspecified atom stereocenters. The van der Waals surface area contributed by atoms with Gasteiger partial charge in [0.2, 0.25) is 5.91 Å². The predicted octanol–water partition coefficient (Wildman–Crippen LogP) is 4.52. The van der Waals surface area contributed by atoms with E-state index in [0.29, 0.717) is 10.8 Å². The second kappa shape index (κ2) is 7.43. The first kappa shape index (κ1) is 18.7. The van der Waals surface area contributed by atoms with E-state index in [4.69, 9.17) is 4.74 Å². The van der Waals surface area contributed by atoms with Crippen LogP contribution in [0.1, 0.15) is 45.1 Å². The molecule has 2 heterocycles. The highest BCUT2D eigenvalue weighted by molar-refractivity contribution is 7.14. The maximum absolute atomic E-state index is 11.8. The van der Waals surface area contributed by atoms with Crippen LogP contribution in [0.15, 0.2) is 17.5 Å². The fourth-order valence-electron chi connectivity index (χ4n) is 3.69. The van der Waals surface area contributed by atoms with Crippen LogP contribution in [0.3, 0.4) is 0 Å². The average Bonchev–Trinajstić information content (AvgIpc) is 3.04. The summed E-state index contributed by atoms with van der Waals surface area (Å²) in [6, 6.07) is 3.66. The molecular formula is C20H23N3O4S. The first-order valence-corrected chi connectivity index (χ1v) is 10.4. The zero-order valence-electron chi connectivity index (χ0n) is 15.9.